The molecule has 0 bridgehead atoms. The van der Waals surface area contributed by atoms with Gasteiger partial charge in [-0.3, -0.25) is 9.78 Å². The lowest BCUT2D eigenvalue weighted by Crippen LogP contribution is -2.44. The van der Waals surface area contributed by atoms with Crippen molar-refractivity contribution in [2.45, 2.75) is 25.8 Å². The topological polar surface area (TPSA) is 71.5 Å². The Balaban J connectivity index is 1.60. The molecule has 0 aromatic carbocycles. The second-order valence-corrected chi connectivity index (χ2v) is 6.74. The van der Waals surface area contributed by atoms with Crippen molar-refractivity contribution in [3.05, 3.63) is 47.7 Å². The molecule has 0 unspecified atom stereocenters. The molecule has 1 amide bonds. The Morgan fingerprint density at radius 3 is 2.77 bits per heavy atom. The first kappa shape index (κ1) is 16.9. The van der Waals surface area contributed by atoms with Crippen molar-refractivity contribution < 1.29 is 9.53 Å². The van der Waals surface area contributed by atoms with Gasteiger partial charge in [-0.2, -0.15) is 0 Å². The summed E-state index contributed by atoms with van der Waals surface area (Å²) in [6.07, 6.45) is 5.79. The Labute approximate surface area is 153 Å². The molecule has 0 N–H and O–H groups in total. The number of morpholine rings is 1. The van der Waals surface area contributed by atoms with Crippen molar-refractivity contribution in [1.82, 2.24) is 19.9 Å². The van der Waals surface area contributed by atoms with E-state index in [0.29, 0.717) is 31.1 Å². The van der Waals surface area contributed by atoms with E-state index in [0.717, 1.165) is 24.6 Å². The molecular weight excluding hydrogens is 330 g/mol. The molecule has 1 atom stereocenters. The fraction of sp³-hybridized carbons (Fsp3) is 0.474. The highest BCUT2D eigenvalue weighted by molar-refractivity contribution is 5.94. The first-order valence-corrected chi connectivity index (χ1v) is 9.11. The third-order valence-corrected chi connectivity index (χ3v) is 4.94. The Morgan fingerprint density at radius 1 is 1.15 bits per heavy atom. The van der Waals surface area contributed by atoms with Gasteiger partial charge in [0.15, 0.2) is 5.82 Å². The van der Waals surface area contributed by atoms with Gasteiger partial charge < -0.3 is 14.5 Å². The van der Waals surface area contributed by atoms with Crippen LogP contribution < -0.4 is 4.90 Å². The lowest BCUT2D eigenvalue weighted by Gasteiger charge is -2.34. The number of nitrogens with zero attached hydrogens (tertiary/aromatic N) is 5. The van der Waals surface area contributed by atoms with Crippen molar-refractivity contribution in [1.29, 1.82) is 0 Å². The maximum Gasteiger partial charge on any atom is 0.256 e. The molecule has 4 heterocycles. The van der Waals surface area contributed by atoms with E-state index >= 15 is 0 Å². The molecular formula is C19H23N5O2. The van der Waals surface area contributed by atoms with E-state index in [2.05, 4.69) is 14.9 Å². The van der Waals surface area contributed by atoms with E-state index in [1.807, 2.05) is 25.1 Å². The Bertz CT molecular complexity index is 774. The molecule has 0 spiro atoms. The van der Waals surface area contributed by atoms with Gasteiger partial charge >= 0.3 is 0 Å². The van der Waals surface area contributed by atoms with E-state index in [-0.39, 0.29) is 11.9 Å². The van der Waals surface area contributed by atoms with Gasteiger partial charge in [0.2, 0.25) is 0 Å². The molecule has 2 aromatic rings. The molecule has 0 aliphatic carbocycles. The first-order valence-electron chi connectivity index (χ1n) is 9.11. The molecule has 7 nitrogen and oxygen atoms in total. The minimum absolute atomic E-state index is 0.0547. The fourth-order valence-electron chi connectivity index (χ4n) is 3.47. The van der Waals surface area contributed by atoms with E-state index in [4.69, 9.17) is 9.72 Å². The minimum atomic E-state index is -0.278. The molecule has 7 heteroatoms. The number of hydrogen-bond donors (Lipinski definition) is 0. The smallest absolute Gasteiger partial charge is 0.256 e. The van der Waals surface area contributed by atoms with Gasteiger partial charge in [0.25, 0.3) is 5.91 Å². The number of pyridine rings is 1. The van der Waals surface area contributed by atoms with Gasteiger partial charge in [-0.1, -0.05) is 0 Å². The van der Waals surface area contributed by atoms with Crippen molar-refractivity contribution in [3.63, 3.8) is 0 Å². The highest BCUT2D eigenvalue weighted by atomic mass is 16.5. The van der Waals surface area contributed by atoms with Gasteiger partial charge in [0, 0.05) is 37.7 Å². The highest BCUT2D eigenvalue weighted by Gasteiger charge is 2.32. The minimum Gasteiger partial charge on any atom is -0.377 e. The van der Waals surface area contributed by atoms with Crippen LogP contribution in [0.2, 0.25) is 0 Å². The lowest BCUT2D eigenvalue weighted by atomic mass is 10.1. The van der Waals surface area contributed by atoms with E-state index < -0.39 is 0 Å². The van der Waals surface area contributed by atoms with E-state index in [9.17, 15) is 4.79 Å². The number of aromatic nitrogens is 3. The number of ether oxygens (including phenoxy) is 1. The van der Waals surface area contributed by atoms with Crippen LogP contribution in [0.1, 0.15) is 40.8 Å². The standard InChI is InChI=1S/C19H23N5O2/c1-14-4-5-15(12-21-14)19(25)24-10-11-26-13-16(24)18-20-7-6-17(22-18)23-8-2-3-9-23/h4-7,12,16H,2-3,8-11,13H2,1H3/t16-/m0/s1. The average molecular weight is 353 g/mol. The van der Waals surface area contributed by atoms with Crippen LogP contribution in [0.4, 0.5) is 5.82 Å². The van der Waals surface area contributed by atoms with E-state index in [1.54, 1.807) is 17.3 Å². The highest BCUT2D eigenvalue weighted by Crippen LogP contribution is 2.26. The fourth-order valence-corrected chi connectivity index (χ4v) is 3.47. The Hall–Kier alpha value is -2.54. The number of carbonyl (C=O) groups is 1. The van der Waals surface area contributed by atoms with Gasteiger partial charge in [0.1, 0.15) is 11.9 Å². The van der Waals surface area contributed by atoms with Crippen molar-refractivity contribution in [2.24, 2.45) is 0 Å². The van der Waals surface area contributed by atoms with Crippen molar-refractivity contribution >= 4 is 11.7 Å². The first-order chi connectivity index (χ1) is 12.7. The zero-order valence-electron chi connectivity index (χ0n) is 15.0. The maximum atomic E-state index is 13.0. The lowest BCUT2D eigenvalue weighted by molar-refractivity contribution is -0.00522. The van der Waals surface area contributed by atoms with Crippen molar-refractivity contribution in [3.8, 4) is 0 Å². The van der Waals surface area contributed by atoms with Gasteiger partial charge in [0.05, 0.1) is 18.8 Å². The molecule has 2 aliphatic rings. The summed E-state index contributed by atoms with van der Waals surface area (Å²) in [4.78, 5) is 30.5. The molecule has 2 saturated heterocycles. The summed E-state index contributed by atoms with van der Waals surface area (Å²) >= 11 is 0. The van der Waals surface area contributed by atoms with Gasteiger partial charge in [-0.05, 0) is 38.0 Å². The van der Waals surface area contributed by atoms with Gasteiger partial charge in [-0.15, -0.1) is 0 Å². The van der Waals surface area contributed by atoms with Crippen LogP contribution in [0.15, 0.2) is 30.6 Å². The summed E-state index contributed by atoms with van der Waals surface area (Å²) in [6.45, 7) is 5.41. The van der Waals surface area contributed by atoms with Crippen LogP contribution in [0.3, 0.4) is 0 Å². The molecule has 0 saturated carbocycles. The zero-order valence-corrected chi connectivity index (χ0v) is 15.0. The third-order valence-electron chi connectivity index (χ3n) is 4.94. The normalized spacial score (nSPS) is 20.4. The maximum absolute atomic E-state index is 13.0. The molecule has 136 valence electrons. The molecule has 2 aliphatic heterocycles. The predicted molar refractivity (Wildman–Crippen MR) is 97.0 cm³/mol. The molecule has 26 heavy (non-hydrogen) atoms. The summed E-state index contributed by atoms with van der Waals surface area (Å²) in [5.41, 5.74) is 1.47. The second-order valence-electron chi connectivity index (χ2n) is 6.74. The molecule has 2 fully saturated rings. The van der Waals surface area contributed by atoms with Crippen LogP contribution in [0.5, 0.6) is 0 Å². The summed E-state index contributed by atoms with van der Waals surface area (Å²) in [5.74, 6) is 1.52. The zero-order chi connectivity index (χ0) is 17.9. The second kappa shape index (κ2) is 7.37. The summed E-state index contributed by atoms with van der Waals surface area (Å²) in [5, 5.41) is 0. The van der Waals surface area contributed by atoms with E-state index in [1.165, 1.54) is 12.8 Å². The van der Waals surface area contributed by atoms with Crippen LogP contribution >= 0.6 is 0 Å². The number of aryl methyl sites for hydroxylation is 1. The molecule has 2 aromatic heterocycles. The third kappa shape index (κ3) is 3.39. The number of anilines is 1. The number of hydrogen-bond acceptors (Lipinski definition) is 6. The number of carbonyl (C=O) groups excluding carboxylic acids is 1. The van der Waals surface area contributed by atoms with Crippen LogP contribution in [0.25, 0.3) is 0 Å². The summed E-state index contributed by atoms with van der Waals surface area (Å²) in [7, 11) is 0. The van der Waals surface area contributed by atoms with Crippen molar-refractivity contribution in [2.75, 3.05) is 37.7 Å². The number of amides is 1. The van der Waals surface area contributed by atoms with Crippen LogP contribution in [0, 0.1) is 6.92 Å². The largest absolute Gasteiger partial charge is 0.377 e. The SMILES string of the molecule is Cc1ccc(C(=O)N2CCOC[C@H]2c2nccc(N3CCCC3)n2)cn1. The quantitative estimate of drug-likeness (QED) is 0.840. The monoisotopic (exact) mass is 353 g/mol. The van der Waals surface area contributed by atoms with Crippen LogP contribution in [-0.4, -0.2) is 58.6 Å². The van der Waals surface area contributed by atoms with Crippen LogP contribution in [-0.2, 0) is 4.74 Å². The Morgan fingerprint density at radius 2 is 2.00 bits per heavy atom. The summed E-state index contributed by atoms with van der Waals surface area (Å²) in [6, 6.07) is 5.33. The predicted octanol–water partition coefficient (Wildman–Crippen LogP) is 1.99. The molecule has 4 rings (SSSR count). The average Bonchev–Trinajstić information content (AvgIpc) is 3.23. The summed E-state index contributed by atoms with van der Waals surface area (Å²) < 4.78 is 5.63. The Kier molecular flexibility index (Phi) is 4.79. The van der Waals surface area contributed by atoms with Gasteiger partial charge in [-0.25, -0.2) is 9.97 Å². The molecule has 0 radical (unpaired) electrons. The number of rotatable bonds is 3.